The van der Waals surface area contributed by atoms with Crippen LogP contribution in [0.5, 0.6) is 0 Å². The van der Waals surface area contributed by atoms with Crippen LogP contribution >= 0.6 is 0 Å². The molecule has 3 atom stereocenters. The molecule has 2 unspecified atom stereocenters. The maximum Gasteiger partial charge on any atom is 0.0135 e. The summed E-state index contributed by atoms with van der Waals surface area (Å²) in [5.74, 6) is 2.21. The van der Waals surface area contributed by atoms with E-state index in [1.165, 1.54) is 28.7 Å². The summed E-state index contributed by atoms with van der Waals surface area (Å²) in [5, 5.41) is 0. The molecule has 0 heterocycles. The van der Waals surface area contributed by atoms with E-state index in [0.29, 0.717) is 0 Å². The fourth-order valence-corrected chi connectivity index (χ4v) is 4.56. The smallest absolute Gasteiger partial charge is 0.0135 e. The minimum absolute atomic E-state index is 0.735. The van der Waals surface area contributed by atoms with Gasteiger partial charge in [0.2, 0.25) is 0 Å². The molecular weight excluding hydrogens is 300 g/mol. The highest BCUT2D eigenvalue weighted by Gasteiger charge is 2.56. The Labute approximate surface area is 153 Å². The van der Waals surface area contributed by atoms with Gasteiger partial charge in [0.15, 0.2) is 0 Å². The van der Waals surface area contributed by atoms with E-state index in [1.807, 2.05) is 6.08 Å². The van der Waals surface area contributed by atoms with E-state index < -0.39 is 0 Å². The summed E-state index contributed by atoms with van der Waals surface area (Å²) in [7, 11) is 0. The van der Waals surface area contributed by atoms with Gasteiger partial charge >= 0.3 is 0 Å². The van der Waals surface area contributed by atoms with Gasteiger partial charge < -0.3 is 0 Å². The maximum atomic E-state index is 3.93. The van der Waals surface area contributed by atoms with Gasteiger partial charge in [-0.05, 0) is 59.2 Å². The third-order valence-corrected chi connectivity index (χ3v) is 5.63. The van der Waals surface area contributed by atoms with Gasteiger partial charge in [0.1, 0.15) is 0 Å². The number of benzene rings is 1. The molecule has 0 radical (unpaired) electrons. The Kier molecular flexibility index (Phi) is 4.99. The van der Waals surface area contributed by atoms with Crippen LogP contribution in [0, 0.1) is 17.8 Å². The van der Waals surface area contributed by atoms with Crippen LogP contribution < -0.4 is 0 Å². The van der Waals surface area contributed by atoms with Crippen molar-refractivity contribution in [1.82, 2.24) is 0 Å². The lowest BCUT2D eigenvalue weighted by Crippen LogP contribution is -2.41. The van der Waals surface area contributed by atoms with Gasteiger partial charge in [-0.3, -0.25) is 0 Å². The van der Waals surface area contributed by atoms with Crippen molar-refractivity contribution in [2.24, 2.45) is 17.8 Å². The molecule has 0 N–H and O–H groups in total. The summed E-state index contributed by atoms with van der Waals surface area (Å²) in [6.45, 7) is 14.8. The van der Waals surface area contributed by atoms with E-state index in [1.54, 1.807) is 16.7 Å². The zero-order valence-corrected chi connectivity index (χ0v) is 16.3. The molecule has 0 heteroatoms. The first-order valence-electron chi connectivity index (χ1n) is 9.64. The zero-order valence-electron chi connectivity index (χ0n) is 16.3. The third-order valence-electron chi connectivity index (χ3n) is 5.63. The second-order valence-corrected chi connectivity index (χ2v) is 7.27. The highest BCUT2D eigenvalue weighted by Crippen LogP contribution is 2.67. The quantitative estimate of drug-likeness (QED) is 0.545. The molecule has 3 aliphatic rings. The molecule has 0 aromatic heterocycles. The second-order valence-electron chi connectivity index (χ2n) is 7.27. The normalized spacial score (nSPS) is 27.3. The molecule has 1 saturated carbocycles. The summed E-state index contributed by atoms with van der Waals surface area (Å²) < 4.78 is 0. The largest absolute Gasteiger partial charge is 0.0984 e. The van der Waals surface area contributed by atoms with E-state index in [2.05, 4.69) is 83.7 Å². The Hall–Kier alpha value is -2.08. The first kappa shape index (κ1) is 17.7. The van der Waals surface area contributed by atoms with Crippen molar-refractivity contribution in [1.29, 1.82) is 0 Å². The summed E-state index contributed by atoms with van der Waals surface area (Å²) in [5.41, 5.74) is 10.1. The standard InChI is InChI=1S/C22H22.C3H8/c1-5-8-15-11-16(10-9-14(15)6-2)21-17(7-3)20-13(4)18-12-19(21)22(18)20;1-3-2/h5-13,20,22H,2H2,1,3-4H3;3H2,1-2H3/b8-5-,17-7+;/t13-,20?,22?;/m0./s1. The topological polar surface area (TPSA) is 0 Å². The van der Waals surface area contributed by atoms with Crippen molar-refractivity contribution in [3.8, 4) is 0 Å². The van der Waals surface area contributed by atoms with E-state index >= 15 is 0 Å². The highest BCUT2D eigenvalue weighted by atomic mass is 14.6. The maximum absolute atomic E-state index is 3.93. The first-order chi connectivity index (χ1) is 12.1. The molecule has 0 aliphatic heterocycles. The van der Waals surface area contributed by atoms with Crippen LogP contribution in [0.25, 0.3) is 17.7 Å². The predicted octanol–water partition coefficient (Wildman–Crippen LogP) is 7.31. The highest BCUT2D eigenvalue weighted by molar-refractivity contribution is 5.93. The Bertz CT molecular complexity index is 810. The molecule has 25 heavy (non-hydrogen) atoms. The lowest BCUT2D eigenvalue weighted by atomic mass is 9.54. The molecular formula is C25H30. The molecule has 0 nitrogen and oxygen atoms in total. The van der Waals surface area contributed by atoms with Crippen molar-refractivity contribution < 1.29 is 0 Å². The van der Waals surface area contributed by atoms with Crippen LogP contribution in [-0.4, -0.2) is 0 Å². The number of hydrogen-bond donors (Lipinski definition) is 0. The third kappa shape index (κ3) is 2.59. The Morgan fingerprint density at radius 2 is 1.84 bits per heavy atom. The molecule has 0 saturated heterocycles. The lowest BCUT2D eigenvalue weighted by molar-refractivity contribution is 0.261. The van der Waals surface area contributed by atoms with Gasteiger partial charge in [-0.2, -0.15) is 0 Å². The Morgan fingerprint density at radius 1 is 1.12 bits per heavy atom. The van der Waals surface area contributed by atoms with Crippen molar-refractivity contribution in [2.45, 2.75) is 41.0 Å². The van der Waals surface area contributed by atoms with Gasteiger partial charge in [-0.25, -0.2) is 0 Å². The molecule has 130 valence electrons. The van der Waals surface area contributed by atoms with E-state index in [-0.39, 0.29) is 0 Å². The zero-order chi connectivity index (χ0) is 18.1. The monoisotopic (exact) mass is 330 g/mol. The molecule has 1 aromatic carbocycles. The van der Waals surface area contributed by atoms with E-state index in [4.69, 9.17) is 0 Å². The minimum atomic E-state index is 0.735. The van der Waals surface area contributed by atoms with Crippen LogP contribution in [-0.2, 0) is 0 Å². The average molecular weight is 331 g/mol. The van der Waals surface area contributed by atoms with E-state index in [0.717, 1.165) is 17.8 Å². The van der Waals surface area contributed by atoms with Gasteiger partial charge in [0, 0.05) is 11.8 Å². The minimum Gasteiger partial charge on any atom is -0.0984 e. The molecule has 0 bridgehead atoms. The van der Waals surface area contributed by atoms with E-state index in [9.17, 15) is 0 Å². The van der Waals surface area contributed by atoms with Crippen LogP contribution in [0.2, 0.25) is 0 Å². The SMILES string of the molecule is C=Cc1ccc(C2=C3C=C4C3C(/C2=C\C)[C@H]4C)cc1/C=C\C.CCC. The number of rotatable bonds is 3. The molecule has 1 fully saturated rings. The lowest BCUT2D eigenvalue weighted by Gasteiger charge is -2.49. The fourth-order valence-electron chi connectivity index (χ4n) is 4.56. The van der Waals surface area contributed by atoms with Gasteiger partial charge in [0.05, 0.1) is 0 Å². The summed E-state index contributed by atoms with van der Waals surface area (Å²) >= 11 is 0. The van der Waals surface area contributed by atoms with Crippen molar-refractivity contribution in [3.05, 3.63) is 76.4 Å². The first-order valence-corrected chi connectivity index (χ1v) is 9.64. The fraction of sp³-hybridized carbons (Fsp3) is 0.360. The molecule has 4 rings (SSSR count). The summed E-state index contributed by atoms with van der Waals surface area (Å²) in [6.07, 6.45) is 12.2. The number of allylic oxidation sites excluding steroid dienone is 7. The molecule has 1 aromatic rings. The Balaban J connectivity index is 0.000000569. The predicted molar refractivity (Wildman–Crippen MR) is 112 cm³/mol. The van der Waals surface area contributed by atoms with Gasteiger partial charge in [-0.1, -0.05) is 81.9 Å². The van der Waals surface area contributed by atoms with Crippen LogP contribution in [0.15, 0.2) is 59.7 Å². The molecule has 3 aliphatic carbocycles. The average Bonchev–Trinajstić information content (AvgIpc) is 2.71. The van der Waals surface area contributed by atoms with Crippen LogP contribution in [0.1, 0.15) is 57.7 Å². The second kappa shape index (κ2) is 7.04. The van der Waals surface area contributed by atoms with Crippen LogP contribution in [0.3, 0.4) is 0 Å². The number of hydrogen-bond acceptors (Lipinski definition) is 0. The summed E-state index contributed by atoms with van der Waals surface area (Å²) in [4.78, 5) is 0. The molecule has 0 spiro atoms. The Morgan fingerprint density at radius 3 is 2.44 bits per heavy atom. The van der Waals surface area contributed by atoms with Crippen LogP contribution in [0.4, 0.5) is 0 Å². The van der Waals surface area contributed by atoms with Gasteiger partial charge in [0.25, 0.3) is 0 Å². The van der Waals surface area contributed by atoms with Crippen molar-refractivity contribution in [3.63, 3.8) is 0 Å². The van der Waals surface area contributed by atoms with Gasteiger partial charge in [-0.15, -0.1) is 0 Å². The molecule has 0 amide bonds. The van der Waals surface area contributed by atoms with Crippen molar-refractivity contribution >= 4 is 17.7 Å². The summed E-state index contributed by atoms with van der Waals surface area (Å²) in [6, 6.07) is 6.78. The van der Waals surface area contributed by atoms with Crippen molar-refractivity contribution in [2.75, 3.05) is 0 Å².